The van der Waals surface area contributed by atoms with Crippen molar-refractivity contribution in [2.75, 3.05) is 20.3 Å². The van der Waals surface area contributed by atoms with E-state index in [0.29, 0.717) is 6.42 Å². The maximum Gasteiger partial charge on any atom is 0.331 e. The molecule has 1 aromatic rings. The van der Waals surface area contributed by atoms with E-state index in [1.165, 1.54) is 12.7 Å². The highest BCUT2D eigenvalue weighted by molar-refractivity contribution is 5.95. The summed E-state index contributed by atoms with van der Waals surface area (Å²) in [5.41, 5.74) is 0.902. The SMILES string of the molecule is COC(=O)COCC(=O)N[C@H]1CC[C@]2(C)[C@H]3C(=O)C=C4[C@@H]5C[C@@](C)(C(=O)OCc6ccccc6)CC[C@]5(C)CC[C@@]4(C)[C@]3(C)CC[C@H]2C1(C)C. The second-order valence-corrected chi connectivity index (χ2v) is 18.4. The average molecular weight is 690 g/mol. The van der Waals surface area contributed by atoms with Crippen molar-refractivity contribution >= 4 is 23.6 Å². The van der Waals surface area contributed by atoms with Crippen molar-refractivity contribution in [3.05, 3.63) is 47.5 Å². The molecule has 274 valence electrons. The summed E-state index contributed by atoms with van der Waals surface area (Å²) >= 11 is 0. The lowest BCUT2D eigenvalue weighted by Gasteiger charge is -2.70. The van der Waals surface area contributed by atoms with Crippen molar-refractivity contribution in [1.29, 1.82) is 0 Å². The summed E-state index contributed by atoms with van der Waals surface area (Å²) in [4.78, 5) is 52.9. The average Bonchev–Trinajstić information content (AvgIpc) is 3.07. The zero-order chi connectivity index (χ0) is 36.3. The van der Waals surface area contributed by atoms with Gasteiger partial charge in [0.1, 0.15) is 19.8 Å². The molecule has 0 radical (unpaired) electrons. The van der Waals surface area contributed by atoms with Gasteiger partial charge in [0.05, 0.1) is 12.5 Å². The smallest absolute Gasteiger partial charge is 0.331 e. The molecule has 8 heteroatoms. The van der Waals surface area contributed by atoms with Crippen LogP contribution in [0.4, 0.5) is 0 Å². The topological polar surface area (TPSA) is 108 Å². The van der Waals surface area contributed by atoms with Crippen LogP contribution < -0.4 is 5.32 Å². The molecule has 1 amide bonds. The van der Waals surface area contributed by atoms with Crippen LogP contribution in [0.1, 0.15) is 112 Å². The first-order valence-electron chi connectivity index (χ1n) is 18.8. The zero-order valence-corrected chi connectivity index (χ0v) is 31.6. The molecule has 4 fully saturated rings. The molecule has 4 saturated carbocycles. The zero-order valence-electron chi connectivity index (χ0n) is 31.6. The fourth-order valence-electron chi connectivity index (χ4n) is 12.0. The van der Waals surface area contributed by atoms with Gasteiger partial charge >= 0.3 is 11.9 Å². The van der Waals surface area contributed by atoms with Gasteiger partial charge < -0.3 is 19.5 Å². The first-order valence-corrected chi connectivity index (χ1v) is 18.8. The molecule has 0 saturated heterocycles. The summed E-state index contributed by atoms with van der Waals surface area (Å²) in [5.74, 6) is -0.337. The quantitative estimate of drug-likeness (QED) is 0.284. The van der Waals surface area contributed by atoms with Gasteiger partial charge in [0.25, 0.3) is 0 Å². The van der Waals surface area contributed by atoms with E-state index in [9.17, 15) is 19.2 Å². The van der Waals surface area contributed by atoms with E-state index < -0.39 is 11.4 Å². The number of hydrogen-bond acceptors (Lipinski definition) is 7. The summed E-state index contributed by atoms with van der Waals surface area (Å²) in [5, 5.41) is 3.22. The standard InChI is InChI=1S/C42H59NO7/c1-37(2)31-14-17-42(7)35(40(31,5)16-15-32(37)43-33(45)25-49-26-34(46)48-8)30(44)22-28-29-23-39(4,19-18-38(29,3)20-21-41(28,42)6)36(47)50-24-27-12-10-9-11-13-27/h9-13,22,29,31-32,35H,14-21,23-26H2,1-8H3,(H,43,45)/t29-,31-,32-,35+,38+,39-,40-,41+,42+/m0/s1. The molecule has 8 nitrogen and oxygen atoms in total. The van der Waals surface area contributed by atoms with Gasteiger partial charge in [0.2, 0.25) is 5.91 Å². The Morgan fingerprint density at radius 2 is 1.56 bits per heavy atom. The first-order chi connectivity index (χ1) is 23.4. The number of fused-ring (bicyclic) bond motifs is 7. The predicted octanol–water partition coefficient (Wildman–Crippen LogP) is 7.38. The summed E-state index contributed by atoms with van der Waals surface area (Å²) in [6, 6.07) is 9.81. The van der Waals surface area contributed by atoms with E-state index in [2.05, 4.69) is 64.6 Å². The van der Waals surface area contributed by atoms with Crippen molar-refractivity contribution < 1.29 is 33.4 Å². The van der Waals surface area contributed by atoms with Crippen LogP contribution in [-0.2, 0) is 40.0 Å². The van der Waals surface area contributed by atoms with E-state index in [4.69, 9.17) is 9.47 Å². The highest BCUT2D eigenvalue weighted by atomic mass is 16.6. The van der Waals surface area contributed by atoms with E-state index in [-0.39, 0.29) is 88.4 Å². The van der Waals surface area contributed by atoms with Crippen molar-refractivity contribution in [2.24, 2.45) is 50.2 Å². The van der Waals surface area contributed by atoms with E-state index >= 15 is 0 Å². The second-order valence-electron chi connectivity index (χ2n) is 18.4. The van der Waals surface area contributed by atoms with Gasteiger partial charge in [-0.05, 0) is 115 Å². The first kappa shape index (κ1) is 36.8. The van der Waals surface area contributed by atoms with Crippen molar-refractivity contribution in [3.8, 4) is 0 Å². The van der Waals surface area contributed by atoms with Crippen molar-refractivity contribution in [3.63, 3.8) is 0 Å². The molecule has 0 spiro atoms. The summed E-state index contributed by atoms with van der Waals surface area (Å²) in [6.07, 6.45) is 10.2. The molecule has 0 aromatic heterocycles. The van der Waals surface area contributed by atoms with Gasteiger partial charge in [-0.25, -0.2) is 4.79 Å². The van der Waals surface area contributed by atoms with Crippen LogP contribution in [0.2, 0.25) is 0 Å². The van der Waals surface area contributed by atoms with Crippen LogP contribution in [0.5, 0.6) is 0 Å². The number of ether oxygens (including phenoxy) is 3. The Hall–Kier alpha value is -3.00. The molecule has 0 aliphatic heterocycles. The van der Waals surface area contributed by atoms with Gasteiger partial charge in [-0.15, -0.1) is 0 Å². The Balaban J connectivity index is 1.24. The van der Waals surface area contributed by atoms with E-state index in [0.717, 1.165) is 56.9 Å². The van der Waals surface area contributed by atoms with Crippen LogP contribution >= 0.6 is 0 Å². The highest BCUT2D eigenvalue weighted by Gasteiger charge is 2.70. The highest BCUT2D eigenvalue weighted by Crippen LogP contribution is 2.75. The fourth-order valence-corrected chi connectivity index (χ4v) is 12.0. The number of nitrogens with one attached hydrogen (secondary N) is 1. The molecule has 9 atom stereocenters. The largest absolute Gasteiger partial charge is 0.467 e. The van der Waals surface area contributed by atoms with Crippen LogP contribution in [0.25, 0.3) is 0 Å². The summed E-state index contributed by atoms with van der Waals surface area (Å²) in [6.45, 7) is 16.0. The van der Waals surface area contributed by atoms with Crippen molar-refractivity contribution in [2.45, 2.75) is 119 Å². The molecule has 0 bridgehead atoms. The van der Waals surface area contributed by atoms with Crippen molar-refractivity contribution in [1.82, 2.24) is 5.32 Å². The lowest BCUT2D eigenvalue weighted by molar-refractivity contribution is -0.190. The van der Waals surface area contributed by atoms with E-state index in [1.54, 1.807) is 0 Å². The molecule has 0 heterocycles. The third-order valence-electron chi connectivity index (χ3n) is 15.3. The normalized spacial score (nSPS) is 40.2. The van der Waals surface area contributed by atoms with Gasteiger partial charge in [-0.3, -0.25) is 14.4 Å². The minimum Gasteiger partial charge on any atom is -0.467 e. The molecule has 0 unspecified atom stereocenters. The number of benzene rings is 1. The molecule has 1 aromatic carbocycles. The molecule has 5 aliphatic rings. The lowest BCUT2D eigenvalue weighted by Crippen LogP contribution is -2.67. The Bertz CT molecular complexity index is 1550. The van der Waals surface area contributed by atoms with Crippen LogP contribution in [0.3, 0.4) is 0 Å². The maximum absolute atomic E-state index is 14.8. The molecular formula is C42H59NO7. The number of esters is 2. The van der Waals surface area contributed by atoms with Gasteiger partial charge in [0.15, 0.2) is 5.78 Å². The van der Waals surface area contributed by atoms with Crippen LogP contribution in [0.15, 0.2) is 42.0 Å². The Labute approximate surface area is 298 Å². The Morgan fingerprint density at radius 3 is 2.26 bits per heavy atom. The van der Waals surface area contributed by atoms with Gasteiger partial charge in [-0.2, -0.15) is 0 Å². The van der Waals surface area contributed by atoms with Crippen LogP contribution in [0, 0.1) is 50.2 Å². The van der Waals surface area contributed by atoms with Gasteiger partial charge in [0, 0.05) is 12.0 Å². The third-order valence-corrected chi connectivity index (χ3v) is 15.3. The Morgan fingerprint density at radius 1 is 0.860 bits per heavy atom. The number of ketones is 1. The second kappa shape index (κ2) is 12.9. The Kier molecular flexibility index (Phi) is 9.48. The number of hydrogen-bond donors (Lipinski definition) is 1. The van der Waals surface area contributed by atoms with Crippen LogP contribution in [-0.4, -0.2) is 50.0 Å². The number of rotatable bonds is 8. The molecular weight excluding hydrogens is 630 g/mol. The number of carbonyl (C=O) groups excluding carboxylic acids is 4. The molecule has 50 heavy (non-hydrogen) atoms. The lowest BCUT2D eigenvalue weighted by atomic mass is 9.33. The van der Waals surface area contributed by atoms with E-state index in [1.807, 2.05) is 30.3 Å². The summed E-state index contributed by atoms with van der Waals surface area (Å²) in [7, 11) is 1.29. The third kappa shape index (κ3) is 5.85. The molecule has 1 N–H and O–H groups in total. The number of amides is 1. The minimum atomic E-state index is -0.598. The predicted molar refractivity (Wildman–Crippen MR) is 190 cm³/mol. The monoisotopic (exact) mass is 689 g/mol. The summed E-state index contributed by atoms with van der Waals surface area (Å²) < 4.78 is 15.8. The number of carbonyl (C=O) groups is 4. The molecule has 6 rings (SSSR count). The molecule has 5 aliphatic carbocycles. The number of methoxy groups -OCH3 is 1. The minimum absolute atomic E-state index is 0.0496. The maximum atomic E-state index is 14.8. The van der Waals surface area contributed by atoms with Gasteiger partial charge in [-0.1, -0.05) is 77.4 Å². The number of allylic oxidation sites excluding steroid dienone is 2. The fraction of sp³-hybridized carbons (Fsp3) is 0.714.